The summed E-state index contributed by atoms with van der Waals surface area (Å²) in [6.45, 7) is 0.769. The van der Waals surface area contributed by atoms with Crippen LogP contribution in [0.3, 0.4) is 0 Å². The van der Waals surface area contributed by atoms with Crippen molar-refractivity contribution in [3.8, 4) is 17.2 Å². The van der Waals surface area contributed by atoms with Crippen LogP contribution in [0.5, 0.6) is 17.2 Å². The minimum atomic E-state index is -0.0128. The molecule has 0 bridgehead atoms. The lowest BCUT2D eigenvalue weighted by Gasteiger charge is -2.18. The maximum atomic E-state index is 5.41. The molecule has 0 atom stereocenters. The SMILES string of the molecule is COc1cc2c(cc1C1(CON)CC1)OCO2. The molecule has 1 fully saturated rings. The number of benzene rings is 1. The zero-order chi connectivity index (χ0) is 11.9. The van der Waals surface area contributed by atoms with Crippen LogP contribution in [0.4, 0.5) is 0 Å². The molecule has 1 heterocycles. The summed E-state index contributed by atoms with van der Waals surface area (Å²) in [5.41, 5.74) is 1.08. The Morgan fingerprint density at radius 1 is 1.29 bits per heavy atom. The van der Waals surface area contributed by atoms with Crippen molar-refractivity contribution in [2.24, 2.45) is 5.90 Å². The lowest BCUT2D eigenvalue weighted by Crippen LogP contribution is -2.18. The summed E-state index contributed by atoms with van der Waals surface area (Å²) in [5, 5.41) is 0. The second-order valence-corrected chi connectivity index (χ2v) is 4.50. The van der Waals surface area contributed by atoms with Gasteiger partial charge < -0.3 is 19.0 Å². The summed E-state index contributed by atoms with van der Waals surface area (Å²) >= 11 is 0. The van der Waals surface area contributed by atoms with E-state index in [-0.39, 0.29) is 12.2 Å². The zero-order valence-corrected chi connectivity index (χ0v) is 9.69. The highest BCUT2D eigenvalue weighted by Gasteiger charge is 2.47. The van der Waals surface area contributed by atoms with Gasteiger partial charge in [0.2, 0.25) is 6.79 Å². The van der Waals surface area contributed by atoms with Crippen LogP contribution in [-0.4, -0.2) is 20.5 Å². The first kappa shape index (κ1) is 10.7. The van der Waals surface area contributed by atoms with E-state index in [4.69, 9.17) is 24.9 Å². The van der Waals surface area contributed by atoms with Crippen molar-refractivity contribution in [3.63, 3.8) is 0 Å². The van der Waals surface area contributed by atoms with Crippen LogP contribution < -0.4 is 20.1 Å². The van der Waals surface area contributed by atoms with Gasteiger partial charge in [-0.05, 0) is 18.9 Å². The number of hydrogen-bond donors (Lipinski definition) is 1. The molecular formula is C12H15NO4. The molecule has 0 unspecified atom stereocenters. The molecule has 17 heavy (non-hydrogen) atoms. The van der Waals surface area contributed by atoms with Gasteiger partial charge in [0.05, 0.1) is 13.7 Å². The fourth-order valence-corrected chi connectivity index (χ4v) is 2.31. The topological polar surface area (TPSA) is 62.9 Å². The largest absolute Gasteiger partial charge is 0.496 e. The number of ether oxygens (including phenoxy) is 3. The molecule has 2 N–H and O–H groups in total. The summed E-state index contributed by atoms with van der Waals surface area (Å²) in [4.78, 5) is 4.81. The summed E-state index contributed by atoms with van der Waals surface area (Å²) in [5.74, 6) is 7.51. The first-order chi connectivity index (χ1) is 8.29. The maximum absolute atomic E-state index is 5.41. The summed E-state index contributed by atoms with van der Waals surface area (Å²) < 4.78 is 16.1. The van der Waals surface area contributed by atoms with E-state index >= 15 is 0 Å². The normalized spacial score (nSPS) is 19.2. The molecular weight excluding hydrogens is 222 g/mol. The van der Waals surface area contributed by atoms with Gasteiger partial charge in [0.25, 0.3) is 0 Å². The third kappa shape index (κ3) is 1.62. The Kier molecular flexibility index (Phi) is 2.38. The van der Waals surface area contributed by atoms with Gasteiger partial charge in [0, 0.05) is 17.0 Å². The van der Waals surface area contributed by atoms with Crippen molar-refractivity contribution in [1.29, 1.82) is 0 Å². The summed E-state index contributed by atoms with van der Waals surface area (Å²) in [6.07, 6.45) is 2.11. The second kappa shape index (κ2) is 3.78. The van der Waals surface area contributed by atoms with Crippen molar-refractivity contribution in [2.45, 2.75) is 18.3 Å². The molecule has 1 aromatic carbocycles. The number of rotatable bonds is 4. The highest BCUT2D eigenvalue weighted by molar-refractivity contribution is 5.55. The Morgan fingerprint density at radius 2 is 2.00 bits per heavy atom. The van der Waals surface area contributed by atoms with Gasteiger partial charge in [-0.15, -0.1) is 0 Å². The number of fused-ring (bicyclic) bond motifs is 1. The van der Waals surface area contributed by atoms with E-state index in [0.717, 1.165) is 35.7 Å². The van der Waals surface area contributed by atoms with E-state index in [1.807, 2.05) is 12.1 Å². The Hall–Kier alpha value is -1.46. The van der Waals surface area contributed by atoms with Crippen molar-refractivity contribution < 1.29 is 19.0 Å². The van der Waals surface area contributed by atoms with Gasteiger partial charge in [-0.3, -0.25) is 0 Å². The quantitative estimate of drug-likeness (QED) is 0.801. The molecule has 0 spiro atoms. The highest BCUT2D eigenvalue weighted by atomic mass is 16.7. The molecule has 0 radical (unpaired) electrons. The Bertz CT molecular complexity index is 442. The Balaban J connectivity index is 2.03. The van der Waals surface area contributed by atoms with E-state index in [1.165, 1.54) is 0 Å². The molecule has 92 valence electrons. The van der Waals surface area contributed by atoms with Crippen molar-refractivity contribution in [3.05, 3.63) is 17.7 Å². The molecule has 1 aromatic rings. The van der Waals surface area contributed by atoms with Crippen LogP contribution in [0.2, 0.25) is 0 Å². The molecule has 2 aliphatic rings. The summed E-state index contributed by atoms with van der Waals surface area (Å²) in [7, 11) is 1.65. The smallest absolute Gasteiger partial charge is 0.231 e. The van der Waals surface area contributed by atoms with E-state index in [1.54, 1.807) is 7.11 Å². The van der Waals surface area contributed by atoms with Gasteiger partial charge in [0.15, 0.2) is 11.5 Å². The van der Waals surface area contributed by atoms with Crippen molar-refractivity contribution in [2.75, 3.05) is 20.5 Å². The van der Waals surface area contributed by atoms with E-state index in [0.29, 0.717) is 6.61 Å². The van der Waals surface area contributed by atoms with Gasteiger partial charge in [-0.2, -0.15) is 0 Å². The summed E-state index contributed by atoms with van der Waals surface area (Å²) in [6, 6.07) is 3.85. The maximum Gasteiger partial charge on any atom is 0.231 e. The predicted molar refractivity (Wildman–Crippen MR) is 60.2 cm³/mol. The van der Waals surface area contributed by atoms with E-state index in [9.17, 15) is 0 Å². The van der Waals surface area contributed by atoms with Gasteiger partial charge in [0.1, 0.15) is 5.75 Å². The molecule has 1 aliphatic carbocycles. The van der Waals surface area contributed by atoms with Crippen LogP contribution in [0.15, 0.2) is 12.1 Å². The first-order valence-electron chi connectivity index (χ1n) is 5.59. The number of hydrogen-bond acceptors (Lipinski definition) is 5. The third-order valence-electron chi connectivity index (χ3n) is 3.48. The van der Waals surface area contributed by atoms with E-state index < -0.39 is 0 Å². The fraction of sp³-hybridized carbons (Fsp3) is 0.500. The molecule has 0 aromatic heterocycles. The van der Waals surface area contributed by atoms with Gasteiger partial charge in [-0.1, -0.05) is 0 Å². The molecule has 3 rings (SSSR count). The molecule has 1 saturated carbocycles. The monoisotopic (exact) mass is 237 g/mol. The molecule has 0 saturated heterocycles. The lowest BCUT2D eigenvalue weighted by molar-refractivity contribution is 0.115. The van der Waals surface area contributed by atoms with Crippen LogP contribution in [0.25, 0.3) is 0 Å². The van der Waals surface area contributed by atoms with Crippen LogP contribution >= 0.6 is 0 Å². The number of nitrogens with two attached hydrogens (primary N) is 1. The second-order valence-electron chi connectivity index (χ2n) is 4.50. The van der Waals surface area contributed by atoms with E-state index in [2.05, 4.69) is 0 Å². The van der Waals surface area contributed by atoms with Gasteiger partial charge >= 0.3 is 0 Å². The molecule has 0 amide bonds. The molecule has 5 nitrogen and oxygen atoms in total. The predicted octanol–water partition coefficient (Wildman–Crippen LogP) is 1.35. The average Bonchev–Trinajstić information content (AvgIpc) is 2.98. The minimum Gasteiger partial charge on any atom is -0.496 e. The van der Waals surface area contributed by atoms with Gasteiger partial charge in [-0.25, -0.2) is 5.90 Å². The number of methoxy groups -OCH3 is 1. The van der Waals surface area contributed by atoms with Crippen LogP contribution in [0.1, 0.15) is 18.4 Å². The standard InChI is InChI=1S/C12H15NO4/c1-14-9-5-11-10(15-7-16-11)4-8(9)12(2-3-12)6-17-13/h4-5H,2-3,6-7,13H2,1H3. The van der Waals surface area contributed by atoms with Crippen LogP contribution in [-0.2, 0) is 10.3 Å². The van der Waals surface area contributed by atoms with Crippen molar-refractivity contribution >= 4 is 0 Å². The highest BCUT2D eigenvalue weighted by Crippen LogP contribution is 2.54. The molecule has 1 aliphatic heterocycles. The van der Waals surface area contributed by atoms with Crippen LogP contribution in [0, 0.1) is 0 Å². The Labute approximate surface area is 99.4 Å². The minimum absolute atomic E-state index is 0.0128. The Morgan fingerprint density at radius 3 is 2.59 bits per heavy atom. The molecule has 5 heteroatoms. The lowest BCUT2D eigenvalue weighted by atomic mass is 9.95. The van der Waals surface area contributed by atoms with Crippen molar-refractivity contribution in [1.82, 2.24) is 0 Å². The third-order valence-corrected chi connectivity index (χ3v) is 3.48. The zero-order valence-electron chi connectivity index (χ0n) is 9.69. The average molecular weight is 237 g/mol. The first-order valence-corrected chi connectivity index (χ1v) is 5.59. The fourth-order valence-electron chi connectivity index (χ4n) is 2.31.